The fourth-order valence-electron chi connectivity index (χ4n) is 4.26. The highest BCUT2D eigenvalue weighted by Crippen LogP contribution is 2.43. The average Bonchev–Trinajstić information content (AvgIpc) is 2.74. The molecule has 0 radical (unpaired) electrons. The molecule has 1 aliphatic carbocycles. The molecule has 1 unspecified atom stereocenters. The first-order valence-corrected chi connectivity index (χ1v) is 11.4. The molecule has 0 aromatic heterocycles. The number of anilines is 1. The highest BCUT2D eigenvalue weighted by molar-refractivity contribution is 9.10. The van der Waals surface area contributed by atoms with Gasteiger partial charge in [-0.1, -0.05) is 39.7 Å². The highest BCUT2D eigenvalue weighted by Gasteiger charge is 2.39. The van der Waals surface area contributed by atoms with Crippen molar-refractivity contribution >= 4 is 44.9 Å². The fraction of sp³-hybridized carbons (Fsp3) is 0.250. The van der Waals surface area contributed by atoms with Gasteiger partial charge in [0.1, 0.15) is 0 Å². The van der Waals surface area contributed by atoms with Crippen molar-refractivity contribution in [3.8, 4) is 0 Å². The molecule has 33 heavy (non-hydrogen) atoms. The van der Waals surface area contributed by atoms with E-state index in [2.05, 4.69) is 26.6 Å². The lowest BCUT2D eigenvalue weighted by molar-refractivity contribution is -0.137. The fourth-order valence-corrected chi connectivity index (χ4v) is 4.69. The van der Waals surface area contributed by atoms with Crippen molar-refractivity contribution in [3.63, 3.8) is 0 Å². The monoisotopic (exact) mass is 538 g/mol. The van der Waals surface area contributed by atoms with Crippen LogP contribution in [0.5, 0.6) is 0 Å². The van der Waals surface area contributed by atoms with Gasteiger partial charge >= 0.3 is 6.18 Å². The summed E-state index contributed by atoms with van der Waals surface area (Å²) in [6.07, 6.45) is -2.81. The lowest BCUT2D eigenvalue weighted by Gasteiger charge is -2.34. The first kappa shape index (κ1) is 23.6. The second-order valence-corrected chi connectivity index (χ2v) is 9.29. The van der Waals surface area contributed by atoms with Crippen LogP contribution in [0.15, 0.2) is 69.5 Å². The maximum atomic E-state index is 13.4. The SMILES string of the molecule is CC1=C(C(=O)Nc2cc(C(F)(F)F)ccc2Cl)C(c2ccc(Br)cc2)C2=C(CCCC2=O)N1. The second kappa shape index (κ2) is 8.99. The summed E-state index contributed by atoms with van der Waals surface area (Å²) in [6, 6.07) is 10.0. The smallest absolute Gasteiger partial charge is 0.362 e. The Labute approximate surface area is 202 Å². The Bertz CT molecular complexity index is 1200. The molecule has 4 rings (SSSR count). The molecule has 0 saturated heterocycles. The molecule has 2 N–H and O–H groups in total. The third-order valence-corrected chi connectivity index (χ3v) is 6.62. The van der Waals surface area contributed by atoms with Gasteiger partial charge in [0, 0.05) is 39.4 Å². The maximum absolute atomic E-state index is 13.4. The molecule has 2 aromatic rings. The van der Waals surface area contributed by atoms with Crippen LogP contribution in [-0.2, 0) is 15.8 Å². The van der Waals surface area contributed by atoms with Gasteiger partial charge in [-0.3, -0.25) is 9.59 Å². The quantitative estimate of drug-likeness (QED) is 0.455. The van der Waals surface area contributed by atoms with Gasteiger partial charge in [-0.2, -0.15) is 13.2 Å². The molecule has 0 fully saturated rings. The highest BCUT2D eigenvalue weighted by atomic mass is 79.9. The van der Waals surface area contributed by atoms with Crippen LogP contribution in [0, 0.1) is 0 Å². The van der Waals surface area contributed by atoms with Gasteiger partial charge in [-0.05, 0) is 55.7 Å². The number of ketones is 1. The lowest BCUT2D eigenvalue weighted by Crippen LogP contribution is -2.35. The number of amides is 1. The molecule has 2 aromatic carbocycles. The molecule has 1 atom stereocenters. The third-order valence-electron chi connectivity index (χ3n) is 5.77. The molecule has 1 amide bonds. The maximum Gasteiger partial charge on any atom is 0.416 e. The zero-order chi connectivity index (χ0) is 23.9. The molecule has 0 saturated carbocycles. The van der Waals surface area contributed by atoms with Crippen LogP contribution in [0.4, 0.5) is 18.9 Å². The van der Waals surface area contributed by atoms with Gasteiger partial charge in [-0.15, -0.1) is 0 Å². The summed E-state index contributed by atoms with van der Waals surface area (Å²) in [5.41, 5.74) is 1.77. The predicted octanol–water partition coefficient (Wildman–Crippen LogP) is 6.73. The van der Waals surface area contributed by atoms with Gasteiger partial charge in [0.25, 0.3) is 5.91 Å². The number of Topliss-reactive ketones (excluding diaryl/α,β-unsaturated/α-hetero) is 1. The number of hydrogen-bond acceptors (Lipinski definition) is 3. The Hall–Kier alpha value is -2.58. The zero-order valence-corrected chi connectivity index (χ0v) is 19.8. The molecular formula is C24H19BrClF3N2O2. The summed E-state index contributed by atoms with van der Waals surface area (Å²) < 4.78 is 40.4. The number of hydrogen-bond donors (Lipinski definition) is 2. The number of alkyl halides is 3. The molecule has 4 nitrogen and oxygen atoms in total. The van der Waals surface area contributed by atoms with Crippen molar-refractivity contribution in [2.24, 2.45) is 0 Å². The van der Waals surface area contributed by atoms with E-state index in [1.807, 2.05) is 24.3 Å². The van der Waals surface area contributed by atoms with Crippen LogP contribution in [0.2, 0.25) is 5.02 Å². The van der Waals surface area contributed by atoms with E-state index >= 15 is 0 Å². The largest absolute Gasteiger partial charge is 0.416 e. The van der Waals surface area contributed by atoms with Gasteiger partial charge < -0.3 is 10.6 Å². The van der Waals surface area contributed by atoms with Crippen molar-refractivity contribution in [1.29, 1.82) is 0 Å². The minimum atomic E-state index is -4.58. The van der Waals surface area contributed by atoms with E-state index in [1.165, 1.54) is 0 Å². The first-order chi connectivity index (χ1) is 15.6. The van der Waals surface area contributed by atoms with Crippen molar-refractivity contribution in [2.75, 3.05) is 5.32 Å². The number of benzene rings is 2. The Morgan fingerprint density at radius 3 is 2.52 bits per heavy atom. The Balaban J connectivity index is 1.77. The van der Waals surface area contributed by atoms with E-state index in [9.17, 15) is 22.8 Å². The van der Waals surface area contributed by atoms with Crippen LogP contribution in [0.25, 0.3) is 0 Å². The van der Waals surface area contributed by atoms with Crippen LogP contribution in [-0.4, -0.2) is 11.7 Å². The minimum absolute atomic E-state index is 0.0211. The van der Waals surface area contributed by atoms with Crippen LogP contribution in [0.3, 0.4) is 0 Å². The number of carbonyl (C=O) groups excluding carboxylic acids is 2. The van der Waals surface area contributed by atoms with Gasteiger partial charge in [0.15, 0.2) is 5.78 Å². The third kappa shape index (κ3) is 4.73. The average molecular weight is 540 g/mol. The Morgan fingerprint density at radius 1 is 1.15 bits per heavy atom. The molecule has 0 spiro atoms. The van der Waals surface area contributed by atoms with Crippen LogP contribution in [0.1, 0.15) is 43.2 Å². The van der Waals surface area contributed by atoms with E-state index in [4.69, 9.17) is 11.6 Å². The van der Waals surface area contributed by atoms with E-state index in [1.54, 1.807) is 6.92 Å². The topological polar surface area (TPSA) is 58.2 Å². The van der Waals surface area contributed by atoms with Crippen molar-refractivity contribution in [2.45, 2.75) is 38.3 Å². The van der Waals surface area contributed by atoms with Crippen LogP contribution >= 0.6 is 27.5 Å². The molecule has 9 heteroatoms. The van der Waals surface area contributed by atoms with Gasteiger partial charge in [0.05, 0.1) is 16.3 Å². The van der Waals surface area contributed by atoms with Gasteiger partial charge in [-0.25, -0.2) is 0 Å². The summed E-state index contributed by atoms with van der Waals surface area (Å²) in [4.78, 5) is 26.3. The number of allylic oxidation sites excluding steroid dienone is 3. The van der Waals surface area contributed by atoms with E-state index in [0.717, 1.165) is 33.9 Å². The molecule has 172 valence electrons. The van der Waals surface area contributed by atoms with Gasteiger partial charge in [0.2, 0.25) is 0 Å². The van der Waals surface area contributed by atoms with Crippen LogP contribution < -0.4 is 10.6 Å². The van der Waals surface area contributed by atoms with E-state index < -0.39 is 23.6 Å². The van der Waals surface area contributed by atoms with Crippen molar-refractivity contribution in [3.05, 3.63) is 85.6 Å². The number of dihydropyridines is 1. The first-order valence-electron chi connectivity index (χ1n) is 10.2. The summed E-state index contributed by atoms with van der Waals surface area (Å²) in [5, 5.41) is 5.69. The molecule has 1 heterocycles. The number of carbonyl (C=O) groups is 2. The van der Waals surface area contributed by atoms with E-state index in [0.29, 0.717) is 30.5 Å². The second-order valence-electron chi connectivity index (χ2n) is 7.96. The van der Waals surface area contributed by atoms with E-state index in [-0.39, 0.29) is 22.1 Å². The van der Waals surface area contributed by atoms with Crippen molar-refractivity contribution in [1.82, 2.24) is 5.32 Å². The Kier molecular flexibility index (Phi) is 6.42. The molecule has 0 bridgehead atoms. The summed E-state index contributed by atoms with van der Waals surface area (Å²) in [7, 11) is 0. The summed E-state index contributed by atoms with van der Waals surface area (Å²) in [5.74, 6) is -1.32. The lowest BCUT2D eigenvalue weighted by atomic mass is 9.75. The standard InChI is InChI=1S/C24H19BrClF3N2O2/c1-12-20(23(33)31-18-11-14(24(27,28)29)7-10-16(18)26)21(13-5-8-15(25)9-6-13)22-17(30-12)3-2-4-19(22)32/h5-11,21,30H,2-4H2,1H3,(H,31,33). The number of halogens is 5. The summed E-state index contributed by atoms with van der Waals surface area (Å²) in [6.45, 7) is 1.72. The predicted molar refractivity (Wildman–Crippen MR) is 124 cm³/mol. The molecule has 2 aliphatic rings. The summed E-state index contributed by atoms with van der Waals surface area (Å²) >= 11 is 9.48. The normalized spacial score (nSPS) is 18.7. The molecule has 1 aliphatic heterocycles. The number of nitrogens with one attached hydrogen (secondary N) is 2. The number of rotatable bonds is 3. The van der Waals surface area contributed by atoms with Crippen molar-refractivity contribution < 1.29 is 22.8 Å². The Morgan fingerprint density at radius 2 is 1.85 bits per heavy atom. The minimum Gasteiger partial charge on any atom is -0.362 e. The molecular weight excluding hydrogens is 521 g/mol. The zero-order valence-electron chi connectivity index (χ0n) is 17.4.